The van der Waals surface area contributed by atoms with E-state index in [1.54, 1.807) is 26.0 Å². The van der Waals surface area contributed by atoms with E-state index < -0.39 is 0 Å². The molecule has 0 bridgehead atoms. The van der Waals surface area contributed by atoms with Crippen LogP contribution < -0.4 is 9.46 Å². The molecule has 0 spiro atoms. The smallest absolute Gasteiger partial charge is 0.189 e. The van der Waals surface area contributed by atoms with Gasteiger partial charge in [-0.2, -0.15) is 9.46 Å². The van der Waals surface area contributed by atoms with Gasteiger partial charge < -0.3 is 10.4 Å². The summed E-state index contributed by atoms with van der Waals surface area (Å²) in [6, 6.07) is 7.12. The number of pyridine rings is 2. The van der Waals surface area contributed by atoms with Crippen molar-refractivity contribution >= 4 is 0 Å². The monoisotopic (exact) mass is 216 g/mol. The maximum absolute atomic E-state index is 11.4. The molecule has 0 radical (unpaired) electrons. The highest BCUT2D eigenvalue weighted by Crippen LogP contribution is 2.15. The van der Waals surface area contributed by atoms with Crippen LogP contribution in [-0.2, 0) is 0 Å². The molecule has 0 amide bonds. The second kappa shape index (κ2) is 3.81. The summed E-state index contributed by atoms with van der Waals surface area (Å²) in [6.45, 7) is 3.47. The molecule has 0 aliphatic heterocycles. The molecule has 0 N–H and O–H groups in total. The molecule has 0 saturated carbocycles. The lowest BCUT2D eigenvalue weighted by molar-refractivity contribution is -0.613. The van der Waals surface area contributed by atoms with Crippen LogP contribution in [0, 0.1) is 24.3 Å². The van der Waals surface area contributed by atoms with E-state index in [-0.39, 0.29) is 0 Å². The summed E-state index contributed by atoms with van der Waals surface area (Å²) >= 11 is 0. The lowest BCUT2D eigenvalue weighted by atomic mass is 10.1. The highest BCUT2D eigenvalue weighted by Gasteiger charge is 2.08. The molecule has 0 unspecified atom stereocenters. The van der Waals surface area contributed by atoms with Gasteiger partial charge in [-0.05, 0) is 12.1 Å². The fraction of sp³-hybridized carbons (Fsp3) is 0.167. The number of aryl methyl sites for hydroxylation is 2. The molecular formula is C12H12N2O2. The van der Waals surface area contributed by atoms with Crippen molar-refractivity contribution in [2.24, 2.45) is 0 Å². The first-order chi connectivity index (χ1) is 7.58. The van der Waals surface area contributed by atoms with Gasteiger partial charge in [0.05, 0.1) is 11.1 Å². The Labute approximate surface area is 93.6 Å². The van der Waals surface area contributed by atoms with Gasteiger partial charge in [-0.15, -0.1) is 0 Å². The van der Waals surface area contributed by atoms with Gasteiger partial charge in [-0.25, -0.2) is 0 Å². The second-order valence-corrected chi connectivity index (χ2v) is 3.77. The summed E-state index contributed by atoms with van der Waals surface area (Å²) in [7, 11) is 0. The predicted octanol–water partition coefficient (Wildman–Crippen LogP) is 1.24. The van der Waals surface area contributed by atoms with E-state index >= 15 is 0 Å². The molecule has 0 aliphatic carbocycles. The van der Waals surface area contributed by atoms with Crippen LogP contribution in [0.15, 0.2) is 36.7 Å². The zero-order chi connectivity index (χ0) is 11.7. The predicted molar refractivity (Wildman–Crippen MR) is 59.3 cm³/mol. The lowest BCUT2D eigenvalue weighted by Crippen LogP contribution is -2.31. The molecule has 0 aliphatic rings. The number of rotatable bonds is 1. The van der Waals surface area contributed by atoms with E-state index in [0.717, 1.165) is 20.6 Å². The first-order valence-electron chi connectivity index (χ1n) is 4.98. The summed E-state index contributed by atoms with van der Waals surface area (Å²) in [4.78, 5) is 0. The highest BCUT2D eigenvalue weighted by atomic mass is 16.5. The van der Waals surface area contributed by atoms with Crippen LogP contribution in [0.5, 0.6) is 0 Å². The average Bonchev–Trinajstić information content (AvgIpc) is 2.26. The third-order valence-corrected chi connectivity index (χ3v) is 2.55. The topological polar surface area (TPSA) is 53.9 Å². The van der Waals surface area contributed by atoms with Crippen LogP contribution in [0.4, 0.5) is 0 Å². The van der Waals surface area contributed by atoms with Gasteiger partial charge in [0.15, 0.2) is 23.8 Å². The van der Waals surface area contributed by atoms with Gasteiger partial charge in [0.2, 0.25) is 0 Å². The van der Waals surface area contributed by atoms with Gasteiger partial charge in [0.25, 0.3) is 0 Å². The summed E-state index contributed by atoms with van der Waals surface area (Å²) in [6.07, 6.45) is 2.94. The molecule has 0 saturated heterocycles. The van der Waals surface area contributed by atoms with Crippen LogP contribution in [-0.4, -0.2) is 0 Å². The Morgan fingerprint density at radius 2 is 1.12 bits per heavy atom. The second-order valence-electron chi connectivity index (χ2n) is 3.77. The fourth-order valence-electron chi connectivity index (χ4n) is 1.45. The Balaban J connectivity index is 2.50. The zero-order valence-electron chi connectivity index (χ0n) is 9.18. The Morgan fingerprint density at radius 3 is 1.44 bits per heavy atom. The van der Waals surface area contributed by atoms with Gasteiger partial charge >= 0.3 is 0 Å². The van der Waals surface area contributed by atoms with Gasteiger partial charge in [-0.1, -0.05) is 0 Å². The van der Waals surface area contributed by atoms with E-state index in [1.807, 2.05) is 12.1 Å². The first kappa shape index (κ1) is 10.4. The molecule has 2 aromatic rings. The zero-order valence-corrected chi connectivity index (χ0v) is 9.18. The molecule has 4 nitrogen and oxygen atoms in total. The van der Waals surface area contributed by atoms with E-state index in [1.165, 1.54) is 12.4 Å². The molecule has 4 heteroatoms. The molecule has 0 aromatic carbocycles. The number of hydrogen-bond acceptors (Lipinski definition) is 2. The van der Waals surface area contributed by atoms with Crippen LogP contribution in [0.25, 0.3) is 11.1 Å². The van der Waals surface area contributed by atoms with Crippen LogP contribution in [0.2, 0.25) is 0 Å². The minimum atomic E-state index is 0.630. The molecule has 0 fully saturated rings. The van der Waals surface area contributed by atoms with Gasteiger partial charge in [0, 0.05) is 26.0 Å². The van der Waals surface area contributed by atoms with Crippen LogP contribution >= 0.6 is 0 Å². The minimum Gasteiger partial charge on any atom is -0.618 e. The molecule has 2 heterocycles. The maximum Gasteiger partial charge on any atom is 0.189 e. The standard InChI is InChI=1S/C12H12N2O2/c1-9-3-5-11(7-13(9)15)12-6-4-10(2)14(16)8-12/h3-8H,1-2H3. The highest BCUT2D eigenvalue weighted by molar-refractivity contribution is 5.59. The third-order valence-electron chi connectivity index (χ3n) is 2.55. The Morgan fingerprint density at radius 1 is 0.750 bits per heavy atom. The van der Waals surface area contributed by atoms with Gasteiger partial charge in [-0.3, -0.25) is 0 Å². The third kappa shape index (κ3) is 1.82. The lowest BCUT2D eigenvalue weighted by Gasteiger charge is -2.05. The SMILES string of the molecule is Cc1ccc(-c2ccc(C)[n+]([O-])c2)c[n+]1[O-]. The van der Waals surface area contributed by atoms with E-state index in [4.69, 9.17) is 0 Å². The Kier molecular flexibility index (Phi) is 2.48. The number of hydrogen-bond donors (Lipinski definition) is 0. The van der Waals surface area contributed by atoms with Crippen molar-refractivity contribution in [3.05, 3.63) is 58.5 Å². The summed E-state index contributed by atoms with van der Waals surface area (Å²) < 4.78 is 1.59. The summed E-state index contributed by atoms with van der Waals surface area (Å²) in [5.74, 6) is 0. The van der Waals surface area contributed by atoms with Crippen LogP contribution in [0.3, 0.4) is 0 Å². The largest absolute Gasteiger partial charge is 0.618 e. The van der Waals surface area contributed by atoms with Crippen molar-refractivity contribution in [3.63, 3.8) is 0 Å². The molecular weight excluding hydrogens is 204 g/mol. The average molecular weight is 216 g/mol. The Bertz CT molecular complexity index is 489. The van der Waals surface area contributed by atoms with Crippen molar-refractivity contribution < 1.29 is 9.46 Å². The summed E-state index contributed by atoms with van der Waals surface area (Å²) in [5.41, 5.74) is 2.74. The van der Waals surface area contributed by atoms with Gasteiger partial charge in [0.1, 0.15) is 0 Å². The number of aromatic nitrogens is 2. The Hall–Kier alpha value is -2.10. The van der Waals surface area contributed by atoms with Crippen LogP contribution in [0.1, 0.15) is 11.4 Å². The first-order valence-corrected chi connectivity index (χ1v) is 4.98. The number of nitrogens with zero attached hydrogens (tertiary/aromatic N) is 2. The molecule has 82 valence electrons. The molecule has 2 rings (SSSR count). The van der Waals surface area contributed by atoms with E-state index in [9.17, 15) is 10.4 Å². The van der Waals surface area contributed by atoms with Crippen molar-refractivity contribution in [3.8, 4) is 11.1 Å². The summed E-state index contributed by atoms with van der Waals surface area (Å²) in [5, 5.41) is 22.8. The van der Waals surface area contributed by atoms with Crippen molar-refractivity contribution in [2.45, 2.75) is 13.8 Å². The quantitative estimate of drug-likeness (QED) is 0.532. The molecule has 16 heavy (non-hydrogen) atoms. The van der Waals surface area contributed by atoms with E-state index in [0.29, 0.717) is 11.4 Å². The van der Waals surface area contributed by atoms with Crippen molar-refractivity contribution in [2.75, 3.05) is 0 Å². The van der Waals surface area contributed by atoms with Crippen molar-refractivity contribution in [1.82, 2.24) is 0 Å². The normalized spacial score (nSPS) is 10.4. The molecule has 0 atom stereocenters. The van der Waals surface area contributed by atoms with E-state index in [2.05, 4.69) is 0 Å². The molecule has 2 aromatic heterocycles. The minimum absolute atomic E-state index is 0.630. The van der Waals surface area contributed by atoms with Crippen molar-refractivity contribution in [1.29, 1.82) is 0 Å². The maximum atomic E-state index is 11.4. The fourth-order valence-corrected chi connectivity index (χ4v) is 1.45.